The van der Waals surface area contributed by atoms with E-state index in [1.807, 2.05) is 18.2 Å². The SMILES string of the molecule is c1ccc2c(-c3cccc4c3oc3ccccc34)nc(-n3c4cccc5ccc6c7ccccc7n(c7ccccc73)c6c54)nc2c1. The van der Waals surface area contributed by atoms with Crippen LogP contribution in [0.4, 0.5) is 0 Å². The molecular formula is C42H24N4O. The topological polar surface area (TPSA) is 48.3 Å². The van der Waals surface area contributed by atoms with Crippen LogP contribution in [0.15, 0.2) is 150 Å². The molecule has 0 N–H and O–H groups in total. The molecule has 0 aliphatic heterocycles. The second-order valence-corrected chi connectivity index (χ2v) is 12.2. The zero-order valence-corrected chi connectivity index (χ0v) is 25.1. The largest absolute Gasteiger partial charge is 0.455 e. The molecule has 0 unspecified atom stereocenters. The van der Waals surface area contributed by atoms with Crippen molar-refractivity contribution in [2.24, 2.45) is 0 Å². The monoisotopic (exact) mass is 600 g/mol. The van der Waals surface area contributed by atoms with Gasteiger partial charge >= 0.3 is 0 Å². The van der Waals surface area contributed by atoms with Crippen LogP contribution in [0.1, 0.15) is 0 Å². The smallest absolute Gasteiger partial charge is 0.235 e. The predicted octanol–water partition coefficient (Wildman–Crippen LogP) is 10.9. The molecule has 0 aliphatic rings. The van der Waals surface area contributed by atoms with Gasteiger partial charge in [-0.1, -0.05) is 103 Å². The molecule has 0 amide bonds. The second-order valence-electron chi connectivity index (χ2n) is 12.2. The zero-order chi connectivity index (χ0) is 30.6. The number of para-hydroxylation sites is 6. The quantitative estimate of drug-likeness (QED) is 0.198. The summed E-state index contributed by atoms with van der Waals surface area (Å²) in [6.07, 6.45) is 0. The van der Waals surface area contributed by atoms with Crippen molar-refractivity contribution < 1.29 is 4.42 Å². The Hall–Kier alpha value is -6.46. The summed E-state index contributed by atoms with van der Waals surface area (Å²) in [5, 5.41) is 7.97. The summed E-state index contributed by atoms with van der Waals surface area (Å²) in [5.41, 5.74) is 9.87. The van der Waals surface area contributed by atoms with Crippen LogP contribution < -0.4 is 0 Å². The van der Waals surface area contributed by atoms with Crippen molar-refractivity contribution in [3.05, 3.63) is 146 Å². The lowest BCUT2D eigenvalue weighted by Gasteiger charge is -2.14. The highest BCUT2D eigenvalue weighted by Gasteiger charge is 2.22. The number of nitrogens with zero attached hydrogens (tertiary/aromatic N) is 4. The van der Waals surface area contributed by atoms with Crippen LogP contribution in [-0.4, -0.2) is 18.9 Å². The van der Waals surface area contributed by atoms with Gasteiger partial charge in [0, 0.05) is 37.9 Å². The van der Waals surface area contributed by atoms with Gasteiger partial charge in [0.05, 0.1) is 38.8 Å². The van der Waals surface area contributed by atoms with Gasteiger partial charge in [-0.05, 0) is 47.9 Å². The zero-order valence-electron chi connectivity index (χ0n) is 25.1. The van der Waals surface area contributed by atoms with Crippen LogP contribution in [0.2, 0.25) is 0 Å². The van der Waals surface area contributed by atoms with Crippen LogP contribution in [-0.2, 0) is 0 Å². The fraction of sp³-hybridized carbons (Fsp3) is 0. The molecule has 0 radical (unpaired) electrons. The summed E-state index contributed by atoms with van der Waals surface area (Å²) >= 11 is 0. The highest BCUT2D eigenvalue weighted by atomic mass is 16.3. The molecule has 5 heteroatoms. The van der Waals surface area contributed by atoms with Gasteiger partial charge in [0.15, 0.2) is 0 Å². The van der Waals surface area contributed by atoms with Crippen molar-refractivity contribution in [1.29, 1.82) is 0 Å². The molecule has 0 saturated carbocycles. The number of fused-ring (bicyclic) bond motifs is 9. The number of rotatable bonds is 2. The molecule has 0 spiro atoms. The van der Waals surface area contributed by atoms with Gasteiger partial charge in [0.1, 0.15) is 11.2 Å². The van der Waals surface area contributed by atoms with Gasteiger partial charge in [0.2, 0.25) is 5.95 Å². The highest BCUT2D eigenvalue weighted by molar-refractivity contribution is 6.23. The molecule has 0 atom stereocenters. The Morgan fingerprint density at radius 2 is 1.17 bits per heavy atom. The maximum Gasteiger partial charge on any atom is 0.235 e. The lowest BCUT2D eigenvalue weighted by atomic mass is 10.0. The summed E-state index contributed by atoms with van der Waals surface area (Å²) in [5.74, 6) is 0.610. The lowest BCUT2D eigenvalue weighted by molar-refractivity contribution is 0.670. The first-order valence-corrected chi connectivity index (χ1v) is 15.9. The molecule has 218 valence electrons. The van der Waals surface area contributed by atoms with Crippen molar-refractivity contribution in [2.45, 2.75) is 0 Å². The van der Waals surface area contributed by atoms with E-state index in [1.54, 1.807) is 0 Å². The Morgan fingerprint density at radius 1 is 0.468 bits per heavy atom. The Labute approximate surface area is 267 Å². The van der Waals surface area contributed by atoms with Crippen molar-refractivity contribution >= 4 is 82.0 Å². The van der Waals surface area contributed by atoms with Gasteiger partial charge < -0.3 is 8.82 Å². The number of aromatic nitrogens is 4. The predicted molar refractivity (Wildman–Crippen MR) is 193 cm³/mol. The van der Waals surface area contributed by atoms with Crippen LogP contribution in [0.5, 0.6) is 0 Å². The number of hydrogen-bond donors (Lipinski definition) is 0. The van der Waals surface area contributed by atoms with Crippen molar-refractivity contribution in [2.75, 3.05) is 0 Å². The summed E-state index contributed by atoms with van der Waals surface area (Å²) < 4.78 is 11.2. The maximum absolute atomic E-state index is 6.53. The number of hydrogen-bond acceptors (Lipinski definition) is 3. The second kappa shape index (κ2) is 9.05. The first kappa shape index (κ1) is 24.8. The Morgan fingerprint density at radius 3 is 2.09 bits per heavy atom. The van der Waals surface area contributed by atoms with Crippen LogP contribution in [0.25, 0.3) is 99.2 Å². The van der Waals surface area contributed by atoms with E-state index in [0.29, 0.717) is 5.95 Å². The summed E-state index contributed by atoms with van der Waals surface area (Å²) in [6.45, 7) is 0. The fourth-order valence-corrected chi connectivity index (χ4v) is 7.73. The molecule has 11 aromatic rings. The first-order chi connectivity index (χ1) is 23.3. The third-order valence-corrected chi connectivity index (χ3v) is 9.71. The molecular weight excluding hydrogens is 576 g/mol. The molecule has 11 rings (SSSR count). The van der Waals surface area contributed by atoms with Crippen LogP contribution >= 0.6 is 0 Å². The Kier molecular flexibility index (Phi) is 4.78. The summed E-state index contributed by atoms with van der Waals surface area (Å²) in [6, 6.07) is 51.1. The maximum atomic E-state index is 6.53. The highest BCUT2D eigenvalue weighted by Crippen LogP contribution is 2.41. The van der Waals surface area contributed by atoms with E-state index in [1.165, 1.54) is 32.6 Å². The average molecular weight is 601 g/mol. The minimum atomic E-state index is 0.610. The normalized spacial score (nSPS) is 12.3. The van der Waals surface area contributed by atoms with E-state index in [9.17, 15) is 0 Å². The average Bonchev–Trinajstić information content (AvgIpc) is 3.64. The van der Waals surface area contributed by atoms with Gasteiger partial charge in [-0.15, -0.1) is 0 Å². The minimum Gasteiger partial charge on any atom is -0.455 e. The van der Waals surface area contributed by atoms with Crippen molar-refractivity contribution in [1.82, 2.24) is 18.9 Å². The fourth-order valence-electron chi connectivity index (χ4n) is 7.73. The van der Waals surface area contributed by atoms with Gasteiger partial charge in [-0.3, -0.25) is 4.57 Å². The van der Waals surface area contributed by atoms with Gasteiger partial charge in [-0.2, -0.15) is 0 Å². The standard InChI is InChI=1S/C42H24N4O/c1-4-17-32-30(14-1)39(31-16-10-15-29-27-13-3-8-22-37(27)47-41(29)31)44-42(43-32)46-35-20-7-6-19-34(35)45-33-18-5-2-12-26(33)28-24-23-25-11-9-21-36(46)38(25)40(28)45/h1-24H. The van der Waals surface area contributed by atoms with E-state index < -0.39 is 0 Å². The van der Waals surface area contributed by atoms with Crippen molar-refractivity contribution in [3.8, 4) is 17.2 Å². The van der Waals surface area contributed by atoms with E-state index in [4.69, 9.17) is 14.4 Å². The first-order valence-electron chi connectivity index (χ1n) is 15.9. The molecule has 4 heterocycles. The van der Waals surface area contributed by atoms with Crippen LogP contribution in [0.3, 0.4) is 0 Å². The molecule has 5 nitrogen and oxygen atoms in total. The molecule has 7 aromatic carbocycles. The van der Waals surface area contributed by atoms with E-state index in [2.05, 4.69) is 136 Å². The summed E-state index contributed by atoms with van der Waals surface area (Å²) in [7, 11) is 0. The van der Waals surface area contributed by atoms with E-state index in [0.717, 1.165) is 60.6 Å². The third kappa shape index (κ3) is 3.27. The van der Waals surface area contributed by atoms with E-state index in [-0.39, 0.29) is 0 Å². The Bertz CT molecular complexity index is 3070. The number of benzene rings is 7. The van der Waals surface area contributed by atoms with Crippen LogP contribution in [0, 0.1) is 0 Å². The minimum absolute atomic E-state index is 0.610. The molecule has 0 aliphatic carbocycles. The summed E-state index contributed by atoms with van der Waals surface area (Å²) in [4.78, 5) is 10.7. The van der Waals surface area contributed by atoms with Gasteiger partial charge in [0.25, 0.3) is 0 Å². The molecule has 0 saturated heterocycles. The van der Waals surface area contributed by atoms with Gasteiger partial charge in [-0.25, -0.2) is 9.97 Å². The van der Waals surface area contributed by atoms with E-state index >= 15 is 0 Å². The third-order valence-electron chi connectivity index (χ3n) is 9.71. The molecule has 4 aromatic heterocycles. The van der Waals surface area contributed by atoms with Crippen molar-refractivity contribution in [3.63, 3.8) is 0 Å². The molecule has 47 heavy (non-hydrogen) atoms. The lowest BCUT2D eigenvalue weighted by Crippen LogP contribution is -2.05. The molecule has 0 bridgehead atoms. The Balaban J connectivity index is 1.35. The molecule has 0 fully saturated rings. The number of furan rings is 1.